The molecule has 1 aromatic carbocycles. The molecule has 4 rings (SSSR count). The highest BCUT2D eigenvalue weighted by Gasteiger charge is 2.34. The number of nitrogens with zero attached hydrogens (tertiary/aromatic N) is 2. The summed E-state index contributed by atoms with van der Waals surface area (Å²) in [6, 6.07) is 15.6. The van der Waals surface area contributed by atoms with Crippen molar-refractivity contribution in [3.8, 4) is 17.3 Å². The summed E-state index contributed by atoms with van der Waals surface area (Å²) in [4.78, 5) is 31.7. The van der Waals surface area contributed by atoms with Crippen LogP contribution in [-0.2, 0) is 22.4 Å². The molecule has 1 N–H and O–H groups in total. The van der Waals surface area contributed by atoms with Crippen molar-refractivity contribution >= 4 is 40.0 Å². The third kappa shape index (κ3) is 6.46. The van der Waals surface area contributed by atoms with Gasteiger partial charge in [-0.3, -0.25) is 4.79 Å². The second-order valence-corrected chi connectivity index (χ2v) is 12.6. The molecular formula is C30H33N3O3S2. The van der Waals surface area contributed by atoms with Crippen LogP contribution >= 0.6 is 23.1 Å². The number of fused-ring (bicyclic) bond motifs is 1. The van der Waals surface area contributed by atoms with Gasteiger partial charge in [-0.25, -0.2) is 9.78 Å². The van der Waals surface area contributed by atoms with Gasteiger partial charge in [0.2, 0.25) is 5.91 Å². The average Bonchev–Trinajstić information content (AvgIpc) is 3.25. The Hall–Kier alpha value is -3.15. The highest BCUT2D eigenvalue weighted by Crippen LogP contribution is 2.44. The summed E-state index contributed by atoms with van der Waals surface area (Å²) in [7, 11) is 0. The van der Waals surface area contributed by atoms with E-state index in [2.05, 4.69) is 37.1 Å². The normalized spacial score (nSPS) is 14.9. The SMILES string of the molecule is CCOC(=O)c1c(NC(=O)CCSc2nc(-c3ccccc3)ccc2C#N)sc2c1CCC(C(C)(C)C)C2. The van der Waals surface area contributed by atoms with Gasteiger partial charge in [0.1, 0.15) is 16.1 Å². The minimum absolute atomic E-state index is 0.174. The van der Waals surface area contributed by atoms with Gasteiger partial charge in [0.15, 0.2) is 0 Å². The number of amides is 1. The molecule has 6 nitrogen and oxygen atoms in total. The fourth-order valence-electron chi connectivity index (χ4n) is 4.67. The van der Waals surface area contributed by atoms with Gasteiger partial charge in [-0.2, -0.15) is 5.26 Å². The van der Waals surface area contributed by atoms with E-state index in [-0.39, 0.29) is 30.3 Å². The van der Waals surface area contributed by atoms with Gasteiger partial charge in [-0.15, -0.1) is 23.1 Å². The van der Waals surface area contributed by atoms with Crippen LogP contribution in [0.4, 0.5) is 5.00 Å². The molecule has 1 aliphatic rings. The maximum absolute atomic E-state index is 13.0. The maximum atomic E-state index is 13.0. The first-order chi connectivity index (χ1) is 18.2. The Morgan fingerprint density at radius 2 is 1.97 bits per heavy atom. The molecule has 38 heavy (non-hydrogen) atoms. The van der Waals surface area contributed by atoms with Crippen LogP contribution < -0.4 is 5.32 Å². The summed E-state index contributed by atoms with van der Waals surface area (Å²) in [5, 5.41) is 13.7. The number of thiophene rings is 1. The summed E-state index contributed by atoms with van der Waals surface area (Å²) in [5.41, 5.74) is 3.97. The van der Waals surface area contributed by atoms with Crippen molar-refractivity contribution in [3.63, 3.8) is 0 Å². The molecule has 198 valence electrons. The van der Waals surface area contributed by atoms with Gasteiger partial charge < -0.3 is 10.1 Å². The number of carbonyl (C=O) groups excluding carboxylic acids is 2. The van der Waals surface area contributed by atoms with Crippen LogP contribution in [-0.4, -0.2) is 29.2 Å². The quantitative estimate of drug-likeness (QED) is 0.238. The lowest BCUT2D eigenvalue weighted by atomic mass is 9.72. The van der Waals surface area contributed by atoms with Gasteiger partial charge in [0.25, 0.3) is 0 Å². The molecule has 0 spiro atoms. The van der Waals surface area contributed by atoms with Crippen molar-refractivity contribution in [1.82, 2.24) is 4.98 Å². The zero-order valence-corrected chi connectivity index (χ0v) is 23.9. The lowest BCUT2D eigenvalue weighted by Crippen LogP contribution is -2.26. The average molecular weight is 548 g/mol. The van der Waals surface area contributed by atoms with Gasteiger partial charge in [-0.1, -0.05) is 51.1 Å². The largest absolute Gasteiger partial charge is 0.462 e. The number of nitrogens with one attached hydrogen (secondary N) is 1. The number of anilines is 1. The van der Waals surface area contributed by atoms with E-state index in [0.29, 0.717) is 32.8 Å². The lowest BCUT2D eigenvalue weighted by Gasteiger charge is -2.33. The number of hydrogen-bond acceptors (Lipinski definition) is 7. The topological polar surface area (TPSA) is 92.1 Å². The zero-order chi connectivity index (χ0) is 27.3. The van der Waals surface area contributed by atoms with Crippen molar-refractivity contribution in [2.24, 2.45) is 11.3 Å². The second kappa shape index (κ2) is 12.1. The number of rotatable bonds is 8. The Kier molecular flexibility index (Phi) is 8.91. The minimum Gasteiger partial charge on any atom is -0.462 e. The third-order valence-corrected chi connectivity index (χ3v) is 9.00. The van der Waals surface area contributed by atoms with E-state index in [1.165, 1.54) is 28.0 Å². The molecule has 1 aliphatic carbocycles. The summed E-state index contributed by atoms with van der Waals surface area (Å²) >= 11 is 2.89. The van der Waals surface area contributed by atoms with Crippen molar-refractivity contribution in [1.29, 1.82) is 5.26 Å². The summed E-state index contributed by atoms with van der Waals surface area (Å²) in [6.07, 6.45) is 2.96. The molecule has 0 bridgehead atoms. The molecule has 0 saturated heterocycles. The molecule has 0 saturated carbocycles. The van der Waals surface area contributed by atoms with Gasteiger partial charge in [0.05, 0.1) is 23.4 Å². The van der Waals surface area contributed by atoms with Gasteiger partial charge in [-0.05, 0) is 55.2 Å². The fraction of sp³-hybridized carbons (Fsp3) is 0.400. The number of nitriles is 1. The van der Waals surface area contributed by atoms with E-state index in [9.17, 15) is 14.9 Å². The molecule has 2 heterocycles. The molecule has 8 heteroatoms. The van der Waals surface area contributed by atoms with Crippen LogP contribution in [0.15, 0.2) is 47.5 Å². The van der Waals surface area contributed by atoms with E-state index in [1.54, 1.807) is 13.0 Å². The third-order valence-electron chi connectivity index (χ3n) is 6.84. The number of pyridine rings is 1. The summed E-state index contributed by atoms with van der Waals surface area (Å²) < 4.78 is 5.35. The lowest BCUT2D eigenvalue weighted by molar-refractivity contribution is -0.115. The van der Waals surface area contributed by atoms with Crippen molar-refractivity contribution in [3.05, 3.63) is 64.0 Å². The van der Waals surface area contributed by atoms with Crippen LogP contribution in [0.5, 0.6) is 0 Å². The number of aromatic nitrogens is 1. The standard InChI is InChI=1S/C30H33N3O3S2/c1-5-36-29(35)26-22-13-12-21(30(2,3)4)17-24(22)38-28(26)33-25(34)15-16-37-27-20(18-31)11-14-23(32-27)19-9-7-6-8-10-19/h6-11,14,21H,5,12-13,15-17H2,1-4H3,(H,33,34). The summed E-state index contributed by atoms with van der Waals surface area (Å²) in [6.45, 7) is 8.84. The Bertz CT molecular complexity index is 1350. The van der Waals surface area contributed by atoms with E-state index < -0.39 is 0 Å². The molecule has 3 aromatic rings. The smallest absolute Gasteiger partial charge is 0.341 e. The van der Waals surface area contributed by atoms with Gasteiger partial charge >= 0.3 is 5.97 Å². The number of benzene rings is 1. The number of hydrogen-bond donors (Lipinski definition) is 1. The van der Waals surface area contributed by atoms with Crippen LogP contribution in [0.3, 0.4) is 0 Å². The van der Waals surface area contributed by atoms with Crippen molar-refractivity contribution in [2.75, 3.05) is 17.7 Å². The molecule has 1 amide bonds. The molecule has 1 atom stereocenters. The predicted octanol–water partition coefficient (Wildman–Crippen LogP) is 7.13. The molecule has 2 aromatic heterocycles. The Balaban J connectivity index is 1.46. The van der Waals surface area contributed by atoms with Crippen LogP contribution in [0, 0.1) is 22.7 Å². The van der Waals surface area contributed by atoms with E-state index in [1.807, 2.05) is 36.4 Å². The highest BCUT2D eigenvalue weighted by atomic mass is 32.2. The van der Waals surface area contributed by atoms with Crippen LogP contribution in [0.1, 0.15) is 66.9 Å². The first-order valence-electron chi connectivity index (χ1n) is 12.9. The number of carbonyl (C=O) groups is 2. The molecule has 1 unspecified atom stereocenters. The van der Waals surface area contributed by atoms with Gasteiger partial charge in [0, 0.05) is 22.6 Å². The first kappa shape index (κ1) is 27.9. The number of esters is 1. The van der Waals surface area contributed by atoms with Crippen LogP contribution in [0.2, 0.25) is 0 Å². The molecular weight excluding hydrogens is 514 g/mol. The highest BCUT2D eigenvalue weighted by molar-refractivity contribution is 7.99. The Morgan fingerprint density at radius 3 is 2.66 bits per heavy atom. The monoisotopic (exact) mass is 547 g/mol. The number of ether oxygens (including phenoxy) is 1. The van der Waals surface area contributed by atoms with Crippen molar-refractivity contribution in [2.45, 2.75) is 58.4 Å². The van der Waals surface area contributed by atoms with E-state index in [4.69, 9.17) is 4.74 Å². The Morgan fingerprint density at radius 1 is 1.21 bits per heavy atom. The molecule has 0 aliphatic heterocycles. The van der Waals surface area contributed by atoms with Crippen LogP contribution in [0.25, 0.3) is 11.3 Å². The fourth-order valence-corrected chi connectivity index (χ4v) is 6.91. The van der Waals surface area contributed by atoms with Crippen molar-refractivity contribution < 1.29 is 14.3 Å². The summed E-state index contributed by atoms with van der Waals surface area (Å²) in [5.74, 6) is 0.436. The Labute approximate surface area is 232 Å². The minimum atomic E-state index is -0.371. The van der Waals surface area contributed by atoms with E-state index in [0.717, 1.165) is 36.1 Å². The van der Waals surface area contributed by atoms with E-state index >= 15 is 0 Å². The maximum Gasteiger partial charge on any atom is 0.341 e. The molecule has 0 radical (unpaired) electrons. The predicted molar refractivity (Wildman–Crippen MR) is 154 cm³/mol. The first-order valence-corrected chi connectivity index (χ1v) is 14.7. The molecule has 0 fully saturated rings. The number of thioether (sulfide) groups is 1. The zero-order valence-electron chi connectivity index (χ0n) is 22.3. The second-order valence-electron chi connectivity index (χ2n) is 10.4.